The summed E-state index contributed by atoms with van der Waals surface area (Å²) in [5, 5.41) is 3.89. The molecule has 0 bridgehead atoms. The number of carbonyl (C=O) groups is 1. The molecule has 0 atom stereocenters. The lowest BCUT2D eigenvalue weighted by molar-refractivity contribution is 0.0734. The minimum absolute atomic E-state index is 0.161. The highest BCUT2D eigenvalue weighted by atomic mass is 19.1. The van der Waals surface area contributed by atoms with Crippen molar-refractivity contribution in [1.82, 2.24) is 15.0 Å². The first-order chi connectivity index (χ1) is 14.2. The highest BCUT2D eigenvalue weighted by molar-refractivity contribution is 5.93. The fraction of sp³-hybridized carbons (Fsp3) is 0.136. The first-order valence-corrected chi connectivity index (χ1v) is 9.13. The minimum Gasteiger partial charge on any atom is -0.461 e. The van der Waals surface area contributed by atoms with Crippen molar-refractivity contribution in [3.63, 3.8) is 0 Å². The van der Waals surface area contributed by atoms with Crippen molar-refractivity contribution in [3.05, 3.63) is 95.9 Å². The molecule has 0 spiro atoms. The van der Waals surface area contributed by atoms with Gasteiger partial charge in [0.1, 0.15) is 5.82 Å². The summed E-state index contributed by atoms with van der Waals surface area (Å²) in [5.41, 5.74) is 1.57. The van der Waals surface area contributed by atoms with Gasteiger partial charge < -0.3 is 13.8 Å². The second-order valence-electron chi connectivity index (χ2n) is 6.48. The van der Waals surface area contributed by atoms with E-state index in [1.165, 1.54) is 12.3 Å². The van der Waals surface area contributed by atoms with Crippen molar-refractivity contribution in [2.45, 2.75) is 13.0 Å². The Hall–Kier alpha value is -3.74. The highest BCUT2D eigenvalue weighted by Gasteiger charge is 2.22. The summed E-state index contributed by atoms with van der Waals surface area (Å²) in [7, 11) is 0. The number of furan rings is 1. The van der Waals surface area contributed by atoms with E-state index in [0.29, 0.717) is 36.6 Å². The molecular weight excluding hydrogens is 373 g/mol. The van der Waals surface area contributed by atoms with Crippen molar-refractivity contribution in [3.8, 4) is 11.5 Å². The Morgan fingerprint density at radius 1 is 1.07 bits per heavy atom. The molecule has 6 nitrogen and oxygen atoms in total. The van der Waals surface area contributed by atoms with Crippen molar-refractivity contribution in [1.29, 1.82) is 0 Å². The summed E-state index contributed by atoms with van der Waals surface area (Å²) in [6.45, 7) is 0.641. The van der Waals surface area contributed by atoms with E-state index in [2.05, 4.69) is 10.1 Å². The number of benzene rings is 1. The molecule has 1 aromatic carbocycles. The van der Waals surface area contributed by atoms with Crippen LogP contribution in [-0.4, -0.2) is 27.5 Å². The van der Waals surface area contributed by atoms with Crippen LogP contribution in [0.2, 0.25) is 0 Å². The maximum Gasteiger partial charge on any atom is 0.276 e. The summed E-state index contributed by atoms with van der Waals surface area (Å²) >= 11 is 0. The average Bonchev–Trinajstić information content (AvgIpc) is 3.44. The number of hydrogen-bond donors (Lipinski definition) is 0. The topological polar surface area (TPSA) is 72.4 Å². The number of rotatable bonds is 7. The number of carbonyl (C=O) groups excluding carboxylic acids is 1. The minimum atomic E-state index is -0.313. The second-order valence-corrected chi connectivity index (χ2v) is 6.48. The molecule has 29 heavy (non-hydrogen) atoms. The third kappa shape index (κ3) is 4.40. The fourth-order valence-corrected chi connectivity index (χ4v) is 2.99. The number of halogens is 1. The quantitative estimate of drug-likeness (QED) is 0.468. The van der Waals surface area contributed by atoms with E-state index in [-0.39, 0.29) is 17.4 Å². The molecule has 146 valence electrons. The SMILES string of the molecule is O=C(c1cc(-c2ccco2)on1)N(CCc1ccccc1F)Cc1cccnc1. The van der Waals surface area contributed by atoms with Gasteiger partial charge in [-0.15, -0.1) is 0 Å². The van der Waals surface area contributed by atoms with Crippen LogP contribution in [0.4, 0.5) is 4.39 Å². The summed E-state index contributed by atoms with van der Waals surface area (Å²) in [6, 6.07) is 15.2. The zero-order valence-electron chi connectivity index (χ0n) is 15.5. The molecule has 0 fully saturated rings. The Bertz CT molecular complexity index is 1080. The zero-order valence-corrected chi connectivity index (χ0v) is 15.5. The molecule has 0 radical (unpaired) electrons. The van der Waals surface area contributed by atoms with E-state index in [4.69, 9.17) is 8.94 Å². The molecule has 0 unspecified atom stereocenters. The lowest BCUT2D eigenvalue weighted by Gasteiger charge is -2.22. The van der Waals surface area contributed by atoms with E-state index in [1.54, 1.807) is 59.8 Å². The Kier molecular flexibility index (Phi) is 5.47. The predicted octanol–water partition coefficient (Wildman–Crippen LogP) is 4.35. The fourth-order valence-electron chi connectivity index (χ4n) is 2.99. The van der Waals surface area contributed by atoms with Crippen molar-refractivity contribution < 1.29 is 18.1 Å². The number of pyridine rings is 1. The van der Waals surface area contributed by atoms with Crippen molar-refractivity contribution in [2.75, 3.05) is 6.54 Å². The van der Waals surface area contributed by atoms with E-state index >= 15 is 0 Å². The van der Waals surface area contributed by atoms with Gasteiger partial charge in [-0.25, -0.2) is 4.39 Å². The van der Waals surface area contributed by atoms with Gasteiger partial charge >= 0.3 is 0 Å². The first-order valence-electron chi connectivity index (χ1n) is 9.13. The molecule has 4 aromatic rings. The van der Waals surface area contributed by atoms with Crippen LogP contribution in [0.15, 0.2) is 82.2 Å². The molecule has 0 aliphatic rings. The molecule has 0 N–H and O–H groups in total. The normalized spacial score (nSPS) is 10.8. The molecule has 3 heterocycles. The van der Waals surface area contributed by atoms with Gasteiger partial charge in [0.2, 0.25) is 5.76 Å². The lowest BCUT2D eigenvalue weighted by atomic mass is 10.1. The Morgan fingerprint density at radius 2 is 1.97 bits per heavy atom. The molecule has 1 amide bonds. The maximum absolute atomic E-state index is 14.0. The van der Waals surface area contributed by atoms with E-state index in [9.17, 15) is 9.18 Å². The van der Waals surface area contributed by atoms with Crippen LogP contribution in [0.3, 0.4) is 0 Å². The standard InChI is InChI=1S/C22H18FN3O3/c23-18-7-2-1-6-17(18)9-11-26(15-16-5-3-10-24-14-16)22(27)19-13-21(29-25-19)20-8-4-12-28-20/h1-8,10,12-14H,9,11,15H2. The van der Waals surface area contributed by atoms with Gasteiger partial charge in [-0.05, 0) is 41.8 Å². The van der Waals surface area contributed by atoms with Crippen LogP contribution in [-0.2, 0) is 13.0 Å². The molecule has 0 saturated carbocycles. The van der Waals surface area contributed by atoms with Crippen LogP contribution in [0.1, 0.15) is 21.6 Å². The maximum atomic E-state index is 14.0. The highest BCUT2D eigenvalue weighted by Crippen LogP contribution is 2.22. The smallest absolute Gasteiger partial charge is 0.276 e. The number of amides is 1. The first kappa shape index (κ1) is 18.6. The monoisotopic (exact) mass is 391 g/mol. The van der Waals surface area contributed by atoms with Gasteiger partial charge in [-0.2, -0.15) is 0 Å². The average molecular weight is 391 g/mol. The van der Waals surface area contributed by atoms with Gasteiger partial charge in [0.15, 0.2) is 11.5 Å². The van der Waals surface area contributed by atoms with E-state index in [0.717, 1.165) is 5.56 Å². The van der Waals surface area contributed by atoms with Crippen molar-refractivity contribution >= 4 is 5.91 Å². The van der Waals surface area contributed by atoms with E-state index in [1.807, 2.05) is 6.07 Å². The third-order valence-corrected chi connectivity index (χ3v) is 4.49. The molecule has 0 saturated heterocycles. The number of aromatic nitrogens is 2. The summed E-state index contributed by atoms with van der Waals surface area (Å²) in [4.78, 5) is 18.8. The van der Waals surface area contributed by atoms with Crippen molar-refractivity contribution in [2.24, 2.45) is 0 Å². The van der Waals surface area contributed by atoms with Gasteiger partial charge in [0.25, 0.3) is 5.91 Å². The third-order valence-electron chi connectivity index (χ3n) is 4.49. The molecule has 0 aliphatic carbocycles. The molecule has 3 aromatic heterocycles. The molecular formula is C22H18FN3O3. The van der Waals surface area contributed by atoms with Crippen LogP contribution in [0, 0.1) is 5.82 Å². The zero-order chi connectivity index (χ0) is 20.1. The summed E-state index contributed by atoms with van der Waals surface area (Å²) in [6.07, 6.45) is 5.26. The Balaban J connectivity index is 1.55. The van der Waals surface area contributed by atoms with Gasteiger partial charge in [-0.1, -0.05) is 29.4 Å². The Morgan fingerprint density at radius 3 is 2.72 bits per heavy atom. The Labute approximate surface area is 166 Å². The second kappa shape index (κ2) is 8.52. The molecule has 7 heteroatoms. The van der Waals surface area contributed by atoms with Gasteiger partial charge in [-0.3, -0.25) is 9.78 Å². The molecule has 4 rings (SSSR count). The van der Waals surface area contributed by atoms with Gasteiger partial charge in [0.05, 0.1) is 6.26 Å². The predicted molar refractivity (Wildman–Crippen MR) is 103 cm³/mol. The van der Waals surface area contributed by atoms with Crippen LogP contribution in [0.25, 0.3) is 11.5 Å². The number of hydrogen-bond acceptors (Lipinski definition) is 5. The molecule has 0 aliphatic heterocycles. The summed E-state index contributed by atoms with van der Waals surface area (Å²) < 4.78 is 24.5. The van der Waals surface area contributed by atoms with Crippen LogP contribution >= 0.6 is 0 Å². The van der Waals surface area contributed by atoms with Crippen LogP contribution in [0.5, 0.6) is 0 Å². The number of nitrogens with zero attached hydrogens (tertiary/aromatic N) is 3. The summed E-state index contributed by atoms with van der Waals surface area (Å²) in [5.74, 6) is 0.255. The van der Waals surface area contributed by atoms with Crippen LogP contribution < -0.4 is 0 Å². The largest absolute Gasteiger partial charge is 0.461 e. The lowest BCUT2D eigenvalue weighted by Crippen LogP contribution is -2.33. The van der Waals surface area contributed by atoms with Gasteiger partial charge in [0, 0.05) is 31.5 Å². The van der Waals surface area contributed by atoms with E-state index < -0.39 is 0 Å².